The van der Waals surface area contributed by atoms with E-state index in [0.717, 1.165) is 6.54 Å². The SMILES string of the molecule is C=C([C@@H]1CCCN1)N(C)C(C)(C)C. The maximum absolute atomic E-state index is 4.17. The Morgan fingerprint density at radius 2 is 2.08 bits per heavy atom. The molecular formula is C11H22N2. The van der Waals surface area contributed by atoms with Gasteiger partial charge < -0.3 is 10.2 Å². The summed E-state index contributed by atoms with van der Waals surface area (Å²) in [5, 5.41) is 3.47. The van der Waals surface area contributed by atoms with Gasteiger partial charge in [-0.2, -0.15) is 0 Å². The molecule has 0 spiro atoms. The van der Waals surface area contributed by atoms with Crippen LogP contribution in [0.4, 0.5) is 0 Å². The Kier molecular flexibility index (Phi) is 3.01. The lowest BCUT2D eigenvalue weighted by atomic mass is 10.0. The van der Waals surface area contributed by atoms with Gasteiger partial charge in [-0.1, -0.05) is 6.58 Å². The lowest BCUT2D eigenvalue weighted by Crippen LogP contribution is -2.42. The molecule has 76 valence electrons. The van der Waals surface area contributed by atoms with Crippen molar-refractivity contribution in [3.63, 3.8) is 0 Å². The quantitative estimate of drug-likeness (QED) is 0.702. The molecule has 1 N–H and O–H groups in total. The number of rotatable bonds is 2. The van der Waals surface area contributed by atoms with E-state index in [1.807, 2.05) is 0 Å². The fraction of sp³-hybridized carbons (Fsp3) is 0.818. The van der Waals surface area contributed by atoms with E-state index in [1.165, 1.54) is 18.5 Å². The Balaban J connectivity index is 2.56. The van der Waals surface area contributed by atoms with Crippen LogP contribution in [0.1, 0.15) is 33.6 Å². The zero-order valence-electron chi connectivity index (χ0n) is 9.35. The first-order chi connectivity index (χ1) is 5.93. The van der Waals surface area contributed by atoms with Gasteiger partial charge in [-0.15, -0.1) is 0 Å². The van der Waals surface area contributed by atoms with E-state index in [4.69, 9.17) is 0 Å². The van der Waals surface area contributed by atoms with Gasteiger partial charge in [0.25, 0.3) is 0 Å². The van der Waals surface area contributed by atoms with Gasteiger partial charge in [0.1, 0.15) is 0 Å². The second-order valence-electron chi connectivity index (χ2n) is 4.87. The zero-order chi connectivity index (χ0) is 10.1. The molecule has 0 unspecified atom stereocenters. The number of hydrogen-bond acceptors (Lipinski definition) is 2. The van der Waals surface area contributed by atoms with Crippen LogP contribution in [0.25, 0.3) is 0 Å². The number of nitrogens with one attached hydrogen (secondary N) is 1. The zero-order valence-corrected chi connectivity index (χ0v) is 9.35. The first-order valence-electron chi connectivity index (χ1n) is 5.09. The van der Waals surface area contributed by atoms with Crippen molar-refractivity contribution in [2.24, 2.45) is 0 Å². The van der Waals surface area contributed by atoms with Crippen LogP contribution in [-0.4, -0.2) is 30.1 Å². The molecule has 1 aliphatic rings. The molecule has 1 heterocycles. The third kappa shape index (κ3) is 2.47. The minimum Gasteiger partial charge on any atom is -0.372 e. The van der Waals surface area contributed by atoms with E-state index in [0.29, 0.717) is 6.04 Å². The Bertz CT molecular complexity index is 185. The largest absolute Gasteiger partial charge is 0.372 e. The fourth-order valence-electron chi connectivity index (χ4n) is 1.63. The smallest absolute Gasteiger partial charge is 0.0466 e. The van der Waals surface area contributed by atoms with E-state index in [9.17, 15) is 0 Å². The predicted octanol–water partition coefficient (Wildman–Crippen LogP) is 1.98. The number of nitrogens with zero attached hydrogens (tertiary/aromatic N) is 1. The summed E-state index contributed by atoms with van der Waals surface area (Å²) in [4.78, 5) is 2.27. The molecule has 1 saturated heterocycles. The van der Waals surface area contributed by atoms with Crippen LogP contribution in [-0.2, 0) is 0 Å². The summed E-state index contributed by atoms with van der Waals surface area (Å²) in [6, 6.07) is 0.504. The van der Waals surface area contributed by atoms with Gasteiger partial charge in [0.15, 0.2) is 0 Å². The van der Waals surface area contributed by atoms with E-state index in [1.54, 1.807) is 0 Å². The van der Waals surface area contributed by atoms with Crippen LogP contribution in [0.2, 0.25) is 0 Å². The first kappa shape index (κ1) is 10.6. The van der Waals surface area contributed by atoms with Crippen molar-refractivity contribution >= 4 is 0 Å². The summed E-state index contributed by atoms with van der Waals surface area (Å²) < 4.78 is 0. The average molecular weight is 182 g/mol. The van der Waals surface area contributed by atoms with Crippen molar-refractivity contribution in [1.29, 1.82) is 0 Å². The molecule has 1 atom stereocenters. The molecule has 0 saturated carbocycles. The topological polar surface area (TPSA) is 15.3 Å². The van der Waals surface area contributed by atoms with Crippen LogP contribution < -0.4 is 5.32 Å². The maximum Gasteiger partial charge on any atom is 0.0466 e. The highest BCUT2D eigenvalue weighted by Crippen LogP contribution is 2.22. The minimum absolute atomic E-state index is 0.182. The van der Waals surface area contributed by atoms with Crippen molar-refractivity contribution in [2.75, 3.05) is 13.6 Å². The van der Waals surface area contributed by atoms with E-state index in [2.05, 4.69) is 44.6 Å². The van der Waals surface area contributed by atoms with E-state index < -0.39 is 0 Å². The Morgan fingerprint density at radius 3 is 2.46 bits per heavy atom. The second-order valence-corrected chi connectivity index (χ2v) is 4.87. The van der Waals surface area contributed by atoms with Gasteiger partial charge in [0.2, 0.25) is 0 Å². The minimum atomic E-state index is 0.182. The molecule has 0 bridgehead atoms. The lowest BCUT2D eigenvalue weighted by molar-refractivity contribution is 0.212. The molecule has 2 heteroatoms. The standard InChI is InChI=1S/C11H22N2/c1-9(10-7-6-8-12-10)13(5)11(2,3)4/h10,12H,1,6-8H2,2-5H3/t10-/m0/s1. The third-order valence-electron chi connectivity index (χ3n) is 2.90. The van der Waals surface area contributed by atoms with Crippen LogP contribution in [0.5, 0.6) is 0 Å². The molecule has 1 aliphatic heterocycles. The van der Waals surface area contributed by atoms with E-state index in [-0.39, 0.29) is 5.54 Å². The molecule has 13 heavy (non-hydrogen) atoms. The maximum atomic E-state index is 4.17. The van der Waals surface area contributed by atoms with Crippen molar-refractivity contribution in [3.05, 3.63) is 12.3 Å². The predicted molar refractivity (Wildman–Crippen MR) is 57.7 cm³/mol. The van der Waals surface area contributed by atoms with Crippen molar-refractivity contribution < 1.29 is 0 Å². The summed E-state index contributed by atoms with van der Waals surface area (Å²) in [6.07, 6.45) is 2.51. The summed E-state index contributed by atoms with van der Waals surface area (Å²) in [5.41, 5.74) is 1.41. The van der Waals surface area contributed by atoms with Gasteiger partial charge >= 0.3 is 0 Å². The lowest BCUT2D eigenvalue weighted by Gasteiger charge is -2.37. The van der Waals surface area contributed by atoms with Crippen molar-refractivity contribution in [1.82, 2.24) is 10.2 Å². The molecule has 0 amide bonds. The summed E-state index contributed by atoms with van der Waals surface area (Å²) in [7, 11) is 2.13. The fourth-order valence-corrected chi connectivity index (χ4v) is 1.63. The van der Waals surface area contributed by atoms with Crippen LogP contribution in [0.3, 0.4) is 0 Å². The van der Waals surface area contributed by atoms with E-state index >= 15 is 0 Å². The molecule has 0 aliphatic carbocycles. The highest BCUT2D eigenvalue weighted by atomic mass is 15.2. The Hall–Kier alpha value is -0.500. The Labute approximate surface area is 82.0 Å². The Morgan fingerprint density at radius 1 is 1.46 bits per heavy atom. The van der Waals surface area contributed by atoms with Gasteiger partial charge in [0.05, 0.1) is 0 Å². The van der Waals surface area contributed by atoms with Gasteiger partial charge in [-0.25, -0.2) is 0 Å². The number of hydrogen-bond donors (Lipinski definition) is 1. The molecular weight excluding hydrogens is 160 g/mol. The highest BCUT2D eigenvalue weighted by molar-refractivity contribution is 5.08. The third-order valence-corrected chi connectivity index (χ3v) is 2.90. The molecule has 0 radical (unpaired) electrons. The van der Waals surface area contributed by atoms with Crippen LogP contribution >= 0.6 is 0 Å². The summed E-state index contributed by atoms with van der Waals surface area (Å²) in [5.74, 6) is 0. The van der Waals surface area contributed by atoms with Gasteiger partial charge in [0, 0.05) is 24.3 Å². The monoisotopic (exact) mass is 182 g/mol. The van der Waals surface area contributed by atoms with Crippen molar-refractivity contribution in [3.8, 4) is 0 Å². The highest BCUT2D eigenvalue weighted by Gasteiger charge is 2.25. The molecule has 1 fully saturated rings. The number of likely N-dealkylation sites (N-methyl/N-ethyl adjacent to an activating group) is 1. The molecule has 0 aromatic heterocycles. The molecule has 0 aromatic carbocycles. The molecule has 1 rings (SSSR count). The average Bonchev–Trinajstić information content (AvgIpc) is 2.51. The van der Waals surface area contributed by atoms with Crippen LogP contribution in [0.15, 0.2) is 12.3 Å². The second kappa shape index (κ2) is 3.70. The van der Waals surface area contributed by atoms with Crippen LogP contribution in [0, 0.1) is 0 Å². The summed E-state index contributed by atoms with van der Waals surface area (Å²) in [6.45, 7) is 12.0. The normalized spacial score (nSPS) is 23.2. The summed E-state index contributed by atoms with van der Waals surface area (Å²) >= 11 is 0. The van der Waals surface area contributed by atoms with Gasteiger partial charge in [-0.3, -0.25) is 0 Å². The van der Waals surface area contributed by atoms with Crippen molar-refractivity contribution in [2.45, 2.75) is 45.2 Å². The van der Waals surface area contributed by atoms with Gasteiger partial charge in [-0.05, 0) is 40.2 Å². The molecule has 2 nitrogen and oxygen atoms in total. The first-order valence-corrected chi connectivity index (χ1v) is 5.09. The molecule has 0 aromatic rings.